The van der Waals surface area contributed by atoms with E-state index in [4.69, 9.17) is 9.47 Å². The van der Waals surface area contributed by atoms with Crippen LogP contribution in [0, 0.1) is 0 Å². The van der Waals surface area contributed by atoms with Gasteiger partial charge in [-0.05, 0) is 42.5 Å². The SMILES string of the molecule is O=C(C1CN(C(=O)c2cccc(-n3cccc3)c2)c2ccccc2O1)N1CCOCC1. The summed E-state index contributed by atoms with van der Waals surface area (Å²) in [6.07, 6.45) is 3.12. The van der Waals surface area contributed by atoms with Gasteiger partial charge in [0, 0.05) is 36.7 Å². The van der Waals surface area contributed by atoms with Gasteiger partial charge in [-0.3, -0.25) is 9.59 Å². The molecule has 0 bridgehead atoms. The number of carbonyl (C=O) groups excluding carboxylic acids is 2. The summed E-state index contributed by atoms with van der Waals surface area (Å²) in [5.74, 6) is 0.261. The second-order valence-electron chi connectivity index (χ2n) is 7.57. The number of morpholine rings is 1. The normalized spacial score (nSPS) is 18.3. The molecule has 2 aromatic carbocycles. The number of rotatable bonds is 3. The first-order valence-electron chi connectivity index (χ1n) is 10.4. The number of fused-ring (bicyclic) bond motifs is 1. The van der Waals surface area contributed by atoms with Crippen LogP contribution < -0.4 is 9.64 Å². The zero-order valence-electron chi connectivity index (χ0n) is 17.0. The van der Waals surface area contributed by atoms with E-state index < -0.39 is 6.10 Å². The summed E-state index contributed by atoms with van der Waals surface area (Å²) in [6.45, 7) is 2.27. The third kappa shape index (κ3) is 3.80. The largest absolute Gasteiger partial charge is 0.476 e. The summed E-state index contributed by atoms with van der Waals surface area (Å²) in [4.78, 5) is 30.0. The molecular formula is C24H23N3O4. The van der Waals surface area contributed by atoms with Crippen molar-refractivity contribution in [2.75, 3.05) is 37.7 Å². The van der Waals surface area contributed by atoms with Crippen LogP contribution in [0.5, 0.6) is 5.75 Å². The van der Waals surface area contributed by atoms with E-state index >= 15 is 0 Å². The van der Waals surface area contributed by atoms with Crippen molar-refractivity contribution in [1.82, 2.24) is 9.47 Å². The highest BCUT2D eigenvalue weighted by atomic mass is 16.5. The number of aromatic nitrogens is 1. The number of ether oxygens (including phenoxy) is 2. The quantitative estimate of drug-likeness (QED) is 0.658. The molecule has 1 fully saturated rings. The van der Waals surface area contributed by atoms with E-state index in [-0.39, 0.29) is 18.4 Å². The molecule has 2 aliphatic heterocycles. The number of amides is 2. The number of carbonyl (C=O) groups is 2. The topological polar surface area (TPSA) is 64.0 Å². The fraction of sp³-hybridized carbons (Fsp3) is 0.250. The lowest BCUT2D eigenvalue weighted by molar-refractivity contribution is -0.142. The number of benzene rings is 2. The maximum Gasteiger partial charge on any atom is 0.265 e. The zero-order valence-corrected chi connectivity index (χ0v) is 17.0. The zero-order chi connectivity index (χ0) is 21.2. The molecule has 1 atom stereocenters. The second-order valence-corrected chi connectivity index (χ2v) is 7.57. The Labute approximate surface area is 180 Å². The monoisotopic (exact) mass is 417 g/mol. The lowest BCUT2D eigenvalue weighted by atomic mass is 10.1. The molecule has 2 amide bonds. The van der Waals surface area contributed by atoms with Crippen LogP contribution in [0.3, 0.4) is 0 Å². The molecule has 158 valence electrons. The summed E-state index contributed by atoms with van der Waals surface area (Å²) < 4.78 is 13.3. The third-order valence-corrected chi connectivity index (χ3v) is 5.61. The lowest BCUT2D eigenvalue weighted by Crippen LogP contribution is -2.54. The molecule has 0 saturated carbocycles. The predicted octanol–water partition coefficient (Wildman–Crippen LogP) is 2.74. The van der Waals surface area contributed by atoms with E-state index in [9.17, 15) is 9.59 Å². The van der Waals surface area contributed by atoms with Gasteiger partial charge in [0.1, 0.15) is 5.75 Å². The first-order chi connectivity index (χ1) is 15.2. The number of hydrogen-bond acceptors (Lipinski definition) is 4. The van der Waals surface area contributed by atoms with Crippen molar-refractivity contribution in [2.45, 2.75) is 6.10 Å². The fourth-order valence-corrected chi connectivity index (χ4v) is 4.00. The van der Waals surface area contributed by atoms with Gasteiger partial charge >= 0.3 is 0 Å². The van der Waals surface area contributed by atoms with Gasteiger partial charge in [0.15, 0.2) is 6.10 Å². The van der Waals surface area contributed by atoms with Crippen LogP contribution in [0.4, 0.5) is 5.69 Å². The minimum Gasteiger partial charge on any atom is -0.476 e. The highest BCUT2D eigenvalue weighted by molar-refractivity contribution is 6.08. The van der Waals surface area contributed by atoms with E-state index in [1.807, 2.05) is 65.5 Å². The molecule has 5 rings (SSSR count). The van der Waals surface area contributed by atoms with E-state index in [1.165, 1.54) is 0 Å². The molecule has 7 heteroatoms. The Balaban J connectivity index is 1.45. The van der Waals surface area contributed by atoms with Gasteiger partial charge in [-0.25, -0.2) is 0 Å². The average molecular weight is 417 g/mol. The van der Waals surface area contributed by atoms with Gasteiger partial charge in [0.2, 0.25) is 0 Å². The second kappa shape index (κ2) is 8.28. The Bertz CT molecular complexity index is 1090. The van der Waals surface area contributed by atoms with Gasteiger partial charge in [0.25, 0.3) is 11.8 Å². The van der Waals surface area contributed by atoms with E-state index in [0.717, 1.165) is 5.69 Å². The number of nitrogens with zero attached hydrogens (tertiary/aromatic N) is 3. The minimum atomic E-state index is -0.746. The lowest BCUT2D eigenvalue weighted by Gasteiger charge is -2.37. The van der Waals surface area contributed by atoms with Crippen molar-refractivity contribution in [3.05, 3.63) is 78.6 Å². The molecule has 7 nitrogen and oxygen atoms in total. The molecule has 1 aromatic heterocycles. The third-order valence-electron chi connectivity index (χ3n) is 5.61. The molecule has 0 aliphatic carbocycles. The number of anilines is 1. The van der Waals surface area contributed by atoms with Crippen LogP contribution in [0.15, 0.2) is 73.1 Å². The van der Waals surface area contributed by atoms with Crippen LogP contribution in [0.2, 0.25) is 0 Å². The molecule has 0 N–H and O–H groups in total. The number of para-hydroxylation sites is 2. The maximum absolute atomic E-state index is 13.5. The van der Waals surface area contributed by atoms with Crippen LogP contribution in [-0.4, -0.2) is 60.2 Å². The van der Waals surface area contributed by atoms with Crippen LogP contribution in [0.1, 0.15) is 10.4 Å². The van der Waals surface area contributed by atoms with E-state index in [2.05, 4.69) is 0 Å². The summed E-state index contributed by atoms with van der Waals surface area (Å²) >= 11 is 0. The van der Waals surface area contributed by atoms with E-state index in [0.29, 0.717) is 43.3 Å². The Morgan fingerprint density at radius 1 is 0.903 bits per heavy atom. The molecule has 3 heterocycles. The maximum atomic E-state index is 13.5. The van der Waals surface area contributed by atoms with Crippen molar-refractivity contribution in [3.63, 3.8) is 0 Å². The smallest absolute Gasteiger partial charge is 0.265 e. The molecule has 1 unspecified atom stereocenters. The summed E-state index contributed by atoms with van der Waals surface area (Å²) in [5, 5.41) is 0. The first-order valence-corrected chi connectivity index (χ1v) is 10.4. The number of hydrogen-bond donors (Lipinski definition) is 0. The van der Waals surface area contributed by atoms with Crippen LogP contribution in [0.25, 0.3) is 5.69 Å². The molecule has 1 saturated heterocycles. The van der Waals surface area contributed by atoms with Crippen molar-refractivity contribution < 1.29 is 19.1 Å². The Morgan fingerprint density at radius 2 is 1.68 bits per heavy atom. The summed E-state index contributed by atoms with van der Waals surface area (Å²) in [7, 11) is 0. The van der Waals surface area contributed by atoms with Crippen LogP contribution in [-0.2, 0) is 9.53 Å². The van der Waals surface area contributed by atoms with E-state index in [1.54, 1.807) is 21.9 Å². The van der Waals surface area contributed by atoms with Gasteiger partial charge in [-0.15, -0.1) is 0 Å². The summed E-state index contributed by atoms with van der Waals surface area (Å²) in [5.41, 5.74) is 2.13. The van der Waals surface area contributed by atoms with Crippen molar-refractivity contribution in [3.8, 4) is 11.4 Å². The fourth-order valence-electron chi connectivity index (χ4n) is 4.00. The molecule has 3 aromatic rings. The van der Waals surface area contributed by atoms with Crippen molar-refractivity contribution >= 4 is 17.5 Å². The molecule has 0 spiro atoms. The average Bonchev–Trinajstić information content (AvgIpc) is 3.38. The van der Waals surface area contributed by atoms with Gasteiger partial charge in [0.05, 0.1) is 25.4 Å². The molecule has 0 radical (unpaired) electrons. The molecular weight excluding hydrogens is 394 g/mol. The highest BCUT2D eigenvalue weighted by Crippen LogP contribution is 2.34. The Kier molecular flexibility index (Phi) is 5.18. The van der Waals surface area contributed by atoms with Gasteiger partial charge < -0.3 is 23.8 Å². The van der Waals surface area contributed by atoms with Gasteiger partial charge in [-0.1, -0.05) is 18.2 Å². The first kappa shape index (κ1) is 19.4. The van der Waals surface area contributed by atoms with Gasteiger partial charge in [-0.2, -0.15) is 0 Å². The predicted molar refractivity (Wildman–Crippen MR) is 116 cm³/mol. The van der Waals surface area contributed by atoms with Crippen molar-refractivity contribution in [2.24, 2.45) is 0 Å². The highest BCUT2D eigenvalue weighted by Gasteiger charge is 2.36. The summed E-state index contributed by atoms with van der Waals surface area (Å²) in [6, 6.07) is 18.7. The molecule has 2 aliphatic rings. The standard InChI is InChI=1S/C24H23N3O4/c28-23(18-6-5-7-19(16-18)25-10-3-4-11-25)27-17-22(24(29)26-12-14-30-15-13-26)31-21-9-2-1-8-20(21)27/h1-11,16,22H,12-15,17H2. The van der Waals surface area contributed by atoms with Crippen molar-refractivity contribution in [1.29, 1.82) is 0 Å². The molecule has 31 heavy (non-hydrogen) atoms. The van der Waals surface area contributed by atoms with Crippen LogP contribution >= 0.6 is 0 Å². The minimum absolute atomic E-state index is 0.114. The Morgan fingerprint density at radius 3 is 2.48 bits per heavy atom. The Hall–Kier alpha value is -3.58.